The van der Waals surface area contributed by atoms with Crippen molar-refractivity contribution in [1.29, 1.82) is 0 Å². The summed E-state index contributed by atoms with van der Waals surface area (Å²) in [6, 6.07) is 9.76. The van der Waals surface area contributed by atoms with Crippen molar-refractivity contribution < 1.29 is 24.4 Å². The number of ether oxygens (including phenoxy) is 1. The molecule has 10 nitrogen and oxygen atoms in total. The molecule has 2 aromatic carbocycles. The van der Waals surface area contributed by atoms with Crippen LogP contribution in [-0.2, 0) is 4.84 Å². The highest BCUT2D eigenvalue weighted by atomic mass is 19.1. The van der Waals surface area contributed by atoms with Crippen molar-refractivity contribution in [2.45, 2.75) is 26.9 Å². The summed E-state index contributed by atoms with van der Waals surface area (Å²) in [6.45, 7) is 6.49. The van der Waals surface area contributed by atoms with E-state index < -0.39 is 11.0 Å². The summed E-state index contributed by atoms with van der Waals surface area (Å²) in [5.41, 5.74) is 14.4. The molecule has 0 saturated heterocycles. The molecule has 0 amide bonds. The zero-order valence-corrected chi connectivity index (χ0v) is 23.6. The van der Waals surface area contributed by atoms with E-state index in [1.165, 1.54) is 19.4 Å². The fourth-order valence-electron chi connectivity index (χ4n) is 3.92. The lowest BCUT2D eigenvalue weighted by Crippen LogP contribution is -3.03. The number of benzene rings is 2. The van der Waals surface area contributed by atoms with Crippen LogP contribution < -0.4 is 21.4 Å². The molecule has 39 heavy (non-hydrogen) atoms. The first-order valence-corrected chi connectivity index (χ1v) is 12.5. The molecule has 2 atom stereocenters. The number of aromatic nitrogens is 1. The standard InChI is InChI=1S/C26H32FN7O3.C2H6/c1-16(15-33(3)4)37-23-12-17(18(13-28)14-30-2)11-22(34(35)36-5)24(23)26(29)32-21-9-8-20-19(25(21)27)7-6-10-31-20;1-2/h6-14,16,35H,15,28H2,1-5H3,(H2,29,32);1-2H3/p+1/b18-13+,30-14?;. The first-order valence-electron chi connectivity index (χ1n) is 12.5. The average Bonchev–Trinajstić information content (AvgIpc) is 2.93. The molecule has 0 aliphatic heterocycles. The van der Waals surface area contributed by atoms with E-state index in [0.717, 1.165) is 0 Å². The number of fused-ring (bicyclic) bond motifs is 1. The molecule has 0 fully saturated rings. The highest BCUT2D eigenvalue weighted by Gasteiger charge is 2.27. The van der Waals surface area contributed by atoms with Gasteiger partial charge in [-0.1, -0.05) is 13.8 Å². The largest absolute Gasteiger partial charge is 0.488 e. The molecule has 3 aromatic rings. The Hall–Kier alpha value is -3.90. The molecular weight excluding hydrogens is 501 g/mol. The summed E-state index contributed by atoms with van der Waals surface area (Å²) < 4.78 is 21.5. The summed E-state index contributed by atoms with van der Waals surface area (Å²) in [6.07, 6.45) is 4.27. The molecule has 0 aliphatic carbocycles. The summed E-state index contributed by atoms with van der Waals surface area (Å²) in [5.74, 6) is -0.345. The molecule has 210 valence electrons. The van der Waals surface area contributed by atoms with Crippen LogP contribution in [0.25, 0.3) is 16.5 Å². The number of rotatable bonds is 10. The third-order valence-corrected chi connectivity index (χ3v) is 5.45. The third-order valence-electron chi connectivity index (χ3n) is 5.45. The highest BCUT2D eigenvalue weighted by Crippen LogP contribution is 2.32. The van der Waals surface area contributed by atoms with Gasteiger partial charge in [0.05, 0.1) is 5.52 Å². The number of likely N-dealkylation sites (N-methyl/N-ethyl adjacent to an activating group) is 1. The molecule has 0 bridgehead atoms. The molecule has 2 unspecified atom stereocenters. The van der Waals surface area contributed by atoms with Crippen LogP contribution in [-0.4, -0.2) is 68.0 Å². The van der Waals surface area contributed by atoms with Crippen LogP contribution in [0.1, 0.15) is 31.9 Å². The summed E-state index contributed by atoms with van der Waals surface area (Å²) in [7, 11) is 6.78. The first-order chi connectivity index (χ1) is 18.7. The molecule has 1 aromatic heterocycles. The summed E-state index contributed by atoms with van der Waals surface area (Å²) >= 11 is 0. The number of nitrogens with zero attached hydrogens (tertiary/aromatic N) is 4. The predicted octanol–water partition coefficient (Wildman–Crippen LogP) is 3.23. The second kappa shape index (κ2) is 14.9. The zero-order valence-electron chi connectivity index (χ0n) is 23.6. The van der Waals surface area contributed by atoms with Gasteiger partial charge in [-0.25, -0.2) is 9.38 Å². The molecule has 0 radical (unpaired) electrons. The van der Waals surface area contributed by atoms with Gasteiger partial charge in [0.15, 0.2) is 5.82 Å². The van der Waals surface area contributed by atoms with Crippen LogP contribution in [0.15, 0.2) is 58.8 Å². The van der Waals surface area contributed by atoms with Crippen LogP contribution in [0.3, 0.4) is 0 Å². The SMILES string of the molecule is CC.CN=C/C(=C\N)c1cc(OC(C)CN(C)C)c(C(N)=Nc2ccc3ncccc3c2F)c([NH+](O)OC)c1. The van der Waals surface area contributed by atoms with Gasteiger partial charge in [-0.05, 0) is 62.1 Å². The topological polar surface area (TPSA) is 136 Å². The van der Waals surface area contributed by atoms with Crippen molar-refractivity contribution >= 4 is 39.9 Å². The fraction of sp³-hybridized carbons (Fsp3) is 0.321. The minimum Gasteiger partial charge on any atom is -0.488 e. The quantitative estimate of drug-likeness (QED) is 0.176. The Morgan fingerprint density at radius 1 is 1.26 bits per heavy atom. The zero-order chi connectivity index (χ0) is 29.1. The number of quaternary nitrogens is 1. The predicted molar refractivity (Wildman–Crippen MR) is 155 cm³/mol. The van der Waals surface area contributed by atoms with Gasteiger partial charge in [0, 0.05) is 49.2 Å². The Morgan fingerprint density at radius 3 is 2.59 bits per heavy atom. The van der Waals surface area contributed by atoms with Crippen LogP contribution in [0.4, 0.5) is 15.8 Å². The van der Waals surface area contributed by atoms with Crippen LogP contribution in [0.2, 0.25) is 0 Å². The lowest BCUT2D eigenvalue weighted by atomic mass is 10.0. The van der Waals surface area contributed by atoms with Gasteiger partial charge < -0.3 is 21.1 Å². The Morgan fingerprint density at radius 2 is 1.97 bits per heavy atom. The normalized spacial score (nSPS) is 13.9. The van der Waals surface area contributed by atoms with E-state index in [1.54, 1.807) is 49.8 Å². The van der Waals surface area contributed by atoms with E-state index in [-0.39, 0.29) is 28.9 Å². The smallest absolute Gasteiger partial charge is 0.212 e. The van der Waals surface area contributed by atoms with Gasteiger partial charge in [0.2, 0.25) is 5.69 Å². The lowest BCUT2D eigenvalue weighted by molar-refractivity contribution is -1.19. The Labute approximate surface area is 229 Å². The van der Waals surface area contributed by atoms with Gasteiger partial charge in [-0.15, -0.1) is 0 Å². The highest BCUT2D eigenvalue weighted by molar-refractivity contribution is 6.11. The number of hydrogen-bond donors (Lipinski definition) is 4. The summed E-state index contributed by atoms with van der Waals surface area (Å²) in [5, 5.41) is 10.6. The molecular formula is C28H39FN7O3+. The number of amidine groups is 1. The van der Waals surface area contributed by atoms with E-state index in [1.807, 2.05) is 39.8 Å². The van der Waals surface area contributed by atoms with Crippen molar-refractivity contribution in [1.82, 2.24) is 9.88 Å². The monoisotopic (exact) mass is 540 g/mol. The number of nitrogens with one attached hydrogen (secondary N) is 1. The average molecular weight is 541 g/mol. The molecule has 11 heteroatoms. The minimum absolute atomic E-state index is 0.0119. The van der Waals surface area contributed by atoms with Crippen LogP contribution >= 0.6 is 0 Å². The van der Waals surface area contributed by atoms with E-state index >= 15 is 4.39 Å². The maximum absolute atomic E-state index is 15.3. The van der Waals surface area contributed by atoms with Crippen molar-refractivity contribution in [2.24, 2.45) is 21.5 Å². The molecule has 0 spiro atoms. The van der Waals surface area contributed by atoms with Crippen molar-refractivity contribution in [3.8, 4) is 5.75 Å². The first kappa shape index (κ1) is 31.3. The second-order valence-corrected chi connectivity index (χ2v) is 8.57. The molecule has 0 saturated carbocycles. The van der Waals surface area contributed by atoms with Crippen LogP contribution in [0, 0.1) is 5.82 Å². The number of aliphatic imine (C=N–C) groups is 2. The molecule has 1 heterocycles. The summed E-state index contributed by atoms with van der Waals surface area (Å²) in [4.78, 5) is 19.7. The maximum atomic E-state index is 15.3. The van der Waals surface area contributed by atoms with Crippen molar-refractivity contribution in [3.05, 3.63) is 65.7 Å². The Bertz CT molecular complexity index is 1340. The van der Waals surface area contributed by atoms with Crippen molar-refractivity contribution in [3.63, 3.8) is 0 Å². The van der Waals surface area contributed by atoms with Gasteiger partial charge in [0.1, 0.15) is 36.0 Å². The minimum atomic E-state index is -0.567. The number of halogens is 1. The fourth-order valence-corrected chi connectivity index (χ4v) is 3.92. The number of pyridine rings is 1. The molecule has 6 N–H and O–H groups in total. The third kappa shape index (κ3) is 7.80. The Kier molecular flexibility index (Phi) is 12.0. The number of hydrogen-bond acceptors (Lipinski definition) is 8. The maximum Gasteiger partial charge on any atom is 0.212 e. The van der Waals surface area contributed by atoms with E-state index in [9.17, 15) is 5.21 Å². The molecule has 3 rings (SSSR count). The molecule has 0 aliphatic rings. The van der Waals surface area contributed by atoms with E-state index in [4.69, 9.17) is 21.0 Å². The van der Waals surface area contributed by atoms with Gasteiger partial charge in [-0.2, -0.15) is 10.0 Å². The Balaban J connectivity index is 0.00000260. The van der Waals surface area contributed by atoms with E-state index in [2.05, 4.69) is 15.0 Å². The van der Waals surface area contributed by atoms with Gasteiger partial charge >= 0.3 is 0 Å². The van der Waals surface area contributed by atoms with Gasteiger partial charge in [-0.3, -0.25) is 9.98 Å². The van der Waals surface area contributed by atoms with Crippen molar-refractivity contribution in [2.75, 3.05) is 34.8 Å². The number of allylic oxidation sites excluding steroid dienone is 1. The van der Waals surface area contributed by atoms with Gasteiger partial charge in [0.25, 0.3) is 0 Å². The van der Waals surface area contributed by atoms with Crippen LogP contribution in [0.5, 0.6) is 5.75 Å². The number of nitrogens with two attached hydrogens (primary N) is 2. The second-order valence-electron chi connectivity index (χ2n) is 8.57. The van der Waals surface area contributed by atoms with E-state index in [0.29, 0.717) is 34.3 Å². The lowest BCUT2D eigenvalue weighted by Gasteiger charge is -2.22.